The van der Waals surface area contributed by atoms with Crippen LogP contribution in [0.1, 0.15) is 11.3 Å². The second-order valence-corrected chi connectivity index (χ2v) is 7.36. The van der Waals surface area contributed by atoms with Gasteiger partial charge in [0.05, 0.1) is 6.54 Å². The lowest BCUT2D eigenvalue weighted by atomic mass is 9.99. The number of nitrogens with zero attached hydrogens (tertiary/aromatic N) is 1. The summed E-state index contributed by atoms with van der Waals surface area (Å²) in [5.74, 6) is 1.56. The van der Waals surface area contributed by atoms with Crippen molar-refractivity contribution in [3.05, 3.63) is 20.8 Å². The van der Waals surface area contributed by atoms with Crippen LogP contribution in [0.15, 0.2) is 15.9 Å². The van der Waals surface area contributed by atoms with Crippen LogP contribution < -0.4 is 5.32 Å². The van der Waals surface area contributed by atoms with Crippen LogP contribution in [-0.2, 0) is 11.3 Å². The minimum Gasteiger partial charge on any atom is -0.322 e. The van der Waals surface area contributed by atoms with Crippen molar-refractivity contribution < 1.29 is 9.59 Å². The zero-order chi connectivity index (χ0) is 12.8. The fourth-order valence-electron chi connectivity index (χ4n) is 2.23. The molecule has 3 amide bonds. The predicted molar refractivity (Wildman–Crippen MR) is 75.8 cm³/mol. The molecule has 0 bridgehead atoms. The molecule has 2 fully saturated rings. The molecule has 7 heteroatoms. The van der Waals surface area contributed by atoms with E-state index in [9.17, 15) is 9.59 Å². The van der Waals surface area contributed by atoms with E-state index in [1.807, 2.05) is 11.4 Å². The second kappa shape index (κ2) is 4.54. The summed E-state index contributed by atoms with van der Waals surface area (Å²) in [5.41, 5.74) is -0.633. The van der Waals surface area contributed by atoms with Crippen molar-refractivity contribution in [2.24, 2.45) is 0 Å². The second-order valence-electron chi connectivity index (χ2n) is 4.40. The first-order valence-electron chi connectivity index (χ1n) is 5.56. The molecule has 2 aliphatic heterocycles. The Hall–Kier alpha value is -0.530. The van der Waals surface area contributed by atoms with Crippen molar-refractivity contribution >= 4 is 51.0 Å². The Kier molecular flexibility index (Phi) is 3.15. The number of hydrogen-bond acceptors (Lipinski definition) is 4. The van der Waals surface area contributed by atoms with Gasteiger partial charge in [0.15, 0.2) is 0 Å². The van der Waals surface area contributed by atoms with Gasteiger partial charge in [0.1, 0.15) is 5.54 Å². The molecule has 96 valence electrons. The highest BCUT2D eigenvalue weighted by Gasteiger charge is 2.52. The number of nitrogens with one attached hydrogen (secondary N) is 1. The normalized spacial score (nSPS) is 27.3. The molecule has 2 aliphatic rings. The van der Waals surface area contributed by atoms with Gasteiger partial charge in [-0.05, 0) is 39.6 Å². The number of rotatable bonds is 2. The fourth-order valence-corrected chi connectivity index (χ4v) is 5.02. The van der Waals surface area contributed by atoms with E-state index >= 15 is 0 Å². The Morgan fingerprint density at radius 2 is 2.33 bits per heavy atom. The smallest absolute Gasteiger partial charge is 0.322 e. The van der Waals surface area contributed by atoms with E-state index in [-0.39, 0.29) is 11.9 Å². The van der Waals surface area contributed by atoms with Crippen LogP contribution in [0.5, 0.6) is 0 Å². The lowest BCUT2D eigenvalue weighted by molar-refractivity contribution is -0.130. The molecule has 1 aromatic rings. The molecule has 1 spiro atoms. The molecule has 3 heterocycles. The highest BCUT2D eigenvalue weighted by molar-refractivity contribution is 9.10. The number of hydrogen-bond donors (Lipinski definition) is 1. The highest BCUT2D eigenvalue weighted by Crippen LogP contribution is 2.35. The fraction of sp³-hybridized carbons (Fsp3) is 0.455. The molecule has 2 saturated heterocycles. The lowest BCUT2D eigenvalue weighted by Gasteiger charge is -2.19. The number of thioether (sulfide) groups is 1. The van der Waals surface area contributed by atoms with Crippen LogP contribution in [0.2, 0.25) is 0 Å². The first-order chi connectivity index (χ1) is 8.62. The van der Waals surface area contributed by atoms with Crippen LogP contribution >= 0.6 is 39.0 Å². The van der Waals surface area contributed by atoms with Crippen LogP contribution in [0.4, 0.5) is 4.79 Å². The maximum atomic E-state index is 12.4. The minimum absolute atomic E-state index is 0.0715. The summed E-state index contributed by atoms with van der Waals surface area (Å²) in [6.45, 7) is 0.356. The van der Waals surface area contributed by atoms with Crippen molar-refractivity contribution in [1.29, 1.82) is 0 Å². The van der Waals surface area contributed by atoms with Gasteiger partial charge < -0.3 is 5.32 Å². The van der Waals surface area contributed by atoms with E-state index in [4.69, 9.17) is 0 Å². The summed E-state index contributed by atoms with van der Waals surface area (Å²) in [6.07, 6.45) is 0.740. The molecule has 1 unspecified atom stereocenters. The average molecular weight is 347 g/mol. The third kappa shape index (κ3) is 1.88. The van der Waals surface area contributed by atoms with E-state index in [0.29, 0.717) is 12.3 Å². The molecule has 1 N–H and O–H groups in total. The van der Waals surface area contributed by atoms with Gasteiger partial charge in [-0.1, -0.05) is 0 Å². The summed E-state index contributed by atoms with van der Waals surface area (Å²) in [6, 6.07) is 1.67. The van der Waals surface area contributed by atoms with Gasteiger partial charge in [0, 0.05) is 15.1 Å². The van der Waals surface area contributed by atoms with E-state index in [1.54, 1.807) is 23.1 Å². The summed E-state index contributed by atoms with van der Waals surface area (Å²) < 4.78 is 0.954. The van der Waals surface area contributed by atoms with Crippen LogP contribution in [0, 0.1) is 0 Å². The first kappa shape index (κ1) is 12.5. The molecular formula is C11H11BrN2O2S2. The Labute approximate surface area is 121 Å². The van der Waals surface area contributed by atoms with Crippen molar-refractivity contribution in [2.75, 3.05) is 11.5 Å². The van der Waals surface area contributed by atoms with Gasteiger partial charge in [-0.25, -0.2) is 4.79 Å². The largest absolute Gasteiger partial charge is 0.325 e. The van der Waals surface area contributed by atoms with E-state index in [1.165, 1.54) is 4.90 Å². The van der Waals surface area contributed by atoms with Gasteiger partial charge in [-0.15, -0.1) is 11.3 Å². The maximum absolute atomic E-state index is 12.4. The number of imide groups is 1. The van der Waals surface area contributed by atoms with Gasteiger partial charge in [-0.2, -0.15) is 11.8 Å². The topological polar surface area (TPSA) is 49.4 Å². The van der Waals surface area contributed by atoms with Crippen molar-refractivity contribution in [1.82, 2.24) is 10.2 Å². The molecule has 0 saturated carbocycles. The molecule has 3 rings (SSSR count). The summed E-state index contributed by atoms with van der Waals surface area (Å²) in [5, 5.41) is 4.81. The zero-order valence-electron chi connectivity index (χ0n) is 9.44. The minimum atomic E-state index is -0.633. The lowest BCUT2D eigenvalue weighted by Crippen LogP contribution is -2.46. The Morgan fingerprint density at radius 3 is 2.94 bits per heavy atom. The monoisotopic (exact) mass is 346 g/mol. The Bertz CT molecular complexity index is 511. The molecule has 1 atom stereocenters. The molecular weight excluding hydrogens is 336 g/mol. The Morgan fingerprint density at radius 1 is 1.50 bits per heavy atom. The molecule has 0 radical (unpaired) electrons. The van der Waals surface area contributed by atoms with Gasteiger partial charge in [0.2, 0.25) is 0 Å². The molecule has 1 aromatic heterocycles. The highest BCUT2D eigenvalue weighted by atomic mass is 79.9. The summed E-state index contributed by atoms with van der Waals surface area (Å²) in [7, 11) is 0. The molecule has 18 heavy (non-hydrogen) atoms. The standard InChI is InChI=1S/C11H11BrN2O2S2/c12-7-1-3-18-8(7)5-14-9(15)11(13-10(14)16)2-4-17-6-11/h1,3H,2,4-6H2,(H,13,16). The third-order valence-corrected chi connectivity index (χ3v) is 6.36. The van der Waals surface area contributed by atoms with E-state index < -0.39 is 5.54 Å². The SMILES string of the molecule is O=C1NC2(CCSC2)C(=O)N1Cc1sccc1Br. The average Bonchev–Trinajstić information content (AvgIpc) is 3.00. The number of urea groups is 1. The van der Waals surface area contributed by atoms with Gasteiger partial charge in [0.25, 0.3) is 5.91 Å². The molecule has 0 aromatic carbocycles. The number of thiophene rings is 1. The van der Waals surface area contributed by atoms with E-state index in [2.05, 4.69) is 21.2 Å². The number of halogens is 1. The van der Waals surface area contributed by atoms with Gasteiger partial charge in [-0.3, -0.25) is 9.69 Å². The summed E-state index contributed by atoms with van der Waals surface area (Å²) in [4.78, 5) is 26.7. The third-order valence-electron chi connectivity index (χ3n) is 3.26. The molecule has 0 aliphatic carbocycles. The maximum Gasteiger partial charge on any atom is 0.325 e. The number of carbonyl (C=O) groups is 2. The zero-order valence-corrected chi connectivity index (χ0v) is 12.7. The van der Waals surface area contributed by atoms with Crippen LogP contribution in [0.25, 0.3) is 0 Å². The van der Waals surface area contributed by atoms with Crippen LogP contribution in [-0.4, -0.2) is 33.9 Å². The number of amides is 3. The quantitative estimate of drug-likeness (QED) is 0.836. The molecule has 4 nitrogen and oxygen atoms in total. The predicted octanol–water partition coefficient (Wildman–Crippen LogP) is 2.44. The first-order valence-corrected chi connectivity index (χ1v) is 8.39. The van der Waals surface area contributed by atoms with Gasteiger partial charge >= 0.3 is 6.03 Å². The Balaban J connectivity index is 1.83. The number of carbonyl (C=O) groups excluding carboxylic acids is 2. The van der Waals surface area contributed by atoms with E-state index in [0.717, 1.165) is 21.5 Å². The summed E-state index contributed by atoms with van der Waals surface area (Å²) >= 11 is 6.69. The van der Waals surface area contributed by atoms with Crippen molar-refractivity contribution in [3.8, 4) is 0 Å². The van der Waals surface area contributed by atoms with Crippen molar-refractivity contribution in [3.63, 3.8) is 0 Å². The van der Waals surface area contributed by atoms with Crippen LogP contribution in [0.3, 0.4) is 0 Å². The van der Waals surface area contributed by atoms with Crippen molar-refractivity contribution in [2.45, 2.75) is 18.5 Å².